The summed E-state index contributed by atoms with van der Waals surface area (Å²) >= 11 is 0. The number of piperidine rings is 1. The summed E-state index contributed by atoms with van der Waals surface area (Å²) in [5, 5.41) is 3.39. The van der Waals surface area contributed by atoms with Crippen molar-refractivity contribution >= 4 is 5.69 Å². The maximum Gasteiger partial charge on any atom is 0.163 e. The topological polar surface area (TPSA) is 56.5 Å². The first-order valence-electron chi connectivity index (χ1n) is 7.06. The van der Waals surface area contributed by atoms with E-state index in [-0.39, 0.29) is 0 Å². The van der Waals surface area contributed by atoms with Gasteiger partial charge in [0.1, 0.15) is 0 Å². The molecule has 0 atom stereocenters. The summed E-state index contributed by atoms with van der Waals surface area (Å²) in [6.07, 6.45) is 4.91. The summed E-state index contributed by atoms with van der Waals surface area (Å²) in [4.78, 5) is 0. The highest BCUT2D eigenvalue weighted by molar-refractivity contribution is 5.51. The van der Waals surface area contributed by atoms with Gasteiger partial charge < -0.3 is 20.5 Å². The van der Waals surface area contributed by atoms with Crippen LogP contribution in [0.5, 0.6) is 11.5 Å². The zero-order valence-corrected chi connectivity index (χ0v) is 11.7. The number of nitrogens with one attached hydrogen (secondary N) is 1. The summed E-state index contributed by atoms with van der Waals surface area (Å²) in [5.41, 5.74) is 6.46. The SMILES string of the molecule is COc1ccc(N)cc1OCCCC1CCNCC1. The number of nitrogen functional groups attached to an aromatic ring is 1. The Bertz CT molecular complexity index is 390. The summed E-state index contributed by atoms with van der Waals surface area (Å²) in [6, 6.07) is 5.49. The Morgan fingerprint density at radius 3 is 2.79 bits per heavy atom. The van der Waals surface area contributed by atoms with Gasteiger partial charge in [0, 0.05) is 11.8 Å². The van der Waals surface area contributed by atoms with E-state index in [0.29, 0.717) is 5.69 Å². The lowest BCUT2D eigenvalue weighted by atomic mass is 9.93. The lowest BCUT2D eigenvalue weighted by Crippen LogP contribution is -2.27. The Morgan fingerprint density at radius 1 is 1.26 bits per heavy atom. The van der Waals surface area contributed by atoms with Crippen molar-refractivity contribution in [1.82, 2.24) is 5.32 Å². The number of ether oxygens (including phenoxy) is 2. The van der Waals surface area contributed by atoms with Gasteiger partial charge in [0.25, 0.3) is 0 Å². The van der Waals surface area contributed by atoms with E-state index in [1.165, 1.54) is 19.3 Å². The van der Waals surface area contributed by atoms with E-state index in [9.17, 15) is 0 Å². The Morgan fingerprint density at radius 2 is 2.05 bits per heavy atom. The highest BCUT2D eigenvalue weighted by atomic mass is 16.5. The van der Waals surface area contributed by atoms with Crippen molar-refractivity contribution in [3.63, 3.8) is 0 Å². The largest absolute Gasteiger partial charge is 0.493 e. The van der Waals surface area contributed by atoms with Crippen LogP contribution in [0.15, 0.2) is 18.2 Å². The minimum Gasteiger partial charge on any atom is -0.493 e. The predicted octanol–water partition coefficient (Wildman–Crippen LogP) is 2.44. The molecule has 106 valence electrons. The number of anilines is 1. The molecule has 0 aliphatic carbocycles. The monoisotopic (exact) mass is 264 g/mol. The normalized spacial score (nSPS) is 16.3. The Kier molecular flexibility index (Phi) is 5.33. The van der Waals surface area contributed by atoms with E-state index < -0.39 is 0 Å². The molecule has 0 spiro atoms. The summed E-state index contributed by atoms with van der Waals surface area (Å²) in [5.74, 6) is 2.34. The van der Waals surface area contributed by atoms with Gasteiger partial charge in [-0.05, 0) is 56.8 Å². The van der Waals surface area contributed by atoms with E-state index in [0.717, 1.165) is 43.5 Å². The zero-order chi connectivity index (χ0) is 13.5. The number of rotatable bonds is 6. The average molecular weight is 264 g/mol. The van der Waals surface area contributed by atoms with Crippen LogP contribution >= 0.6 is 0 Å². The van der Waals surface area contributed by atoms with Crippen molar-refractivity contribution in [2.24, 2.45) is 5.92 Å². The van der Waals surface area contributed by atoms with E-state index in [1.54, 1.807) is 7.11 Å². The van der Waals surface area contributed by atoms with Gasteiger partial charge in [-0.2, -0.15) is 0 Å². The fraction of sp³-hybridized carbons (Fsp3) is 0.600. The lowest BCUT2D eigenvalue weighted by molar-refractivity contribution is 0.263. The number of nitrogens with two attached hydrogens (primary N) is 1. The van der Waals surface area contributed by atoms with Gasteiger partial charge in [-0.3, -0.25) is 0 Å². The van der Waals surface area contributed by atoms with E-state index in [2.05, 4.69) is 5.32 Å². The minimum absolute atomic E-state index is 0.703. The Labute approximate surface area is 115 Å². The van der Waals surface area contributed by atoms with Crippen LogP contribution in [-0.2, 0) is 0 Å². The molecule has 0 saturated carbocycles. The van der Waals surface area contributed by atoms with Crippen LogP contribution in [0.3, 0.4) is 0 Å². The molecule has 4 heteroatoms. The molecule has 0 bridgehead atoms. The van der Waals surface area contributed by atoms with Gasteiger partial charge in [-0.1, -0.05) is 0 Å². The number of hydrogen-bond donors (Lipinski definition) is 2. The molecule has 4 nitrogen and oxygen atoms in total. The third-order valence-corrected chi connectivity index (χ3v) is 3.66. The van der Waals surface area contributed by atoms with Crippen LogP contribution in [0.25, 0.3) is 0 Å². The van der Waals surface area contributed by atoms with Crippen LogP contribution in [-0.4, -0.2) is 26.8 Å². The van der Waals surface area contributed by atoms with Gasteiger partial charge in [0.05, 0.1) is 13.7 Å². The van der Waals surface area contributed by atoms with Crippen molar-refractivity contribution in [2.75, 3.05) is 32.5 Å². The molecule has 2 rings (SSSR count). The first-order chi connectivity index (χ1) is 9.29. The molecule has 0 unspecified atom stereocenters. The first kappa shape index (κ1) is 14.0. The highest BCUT2D eigenvalue weighted by Crippen LogP contribution is 2.29. The molecule has 0 amide bonds. The van der Waals surface area contributed by atoms with E-state index >= 15 is 0 Å². The fourth-order valence-corrected chi connectivity index (χ4v) is 2.53. The van der Waals surface area contributed by atoms with Crippen LogP contribution in [0.1, 0.15) is 25.7 Å². The van der Waals surface area contributed by atoms with Gasteiger partial charge in [0.2, 0.25) is 0 Å². The second-order valence-electron chi connectivity index (χ2n) is 5.09. The van der Waals surface area contributed by atoms with Crippen molar-refractivity contribution in [1.29, 1.82) is 0 Å². The summed E-state index contributed by atoms with van der Waals surface area (Å²) in [6.45, 7) is 3.05. The van der Waals surface area contributed by atoms with Gasteiger partial charge >= 0.3 is 0 Å². The molecule has 0 aromatic heterocycles. The van der Waals surface area contributed by atoms with Crippen molar-refractivity contribution in [3.05, 3.63) is 18.2 Å². The zero-order valence-electron chi connectivity index (χ0n) is 11.7. The maximum absolute atomic E-state index is 5.78. The molecule has 1 saturated heterocycles. The van der Waals surface area contributed by atoms with Crippen molar-refractivity contribution in [2.45, 2.75) is 25.7 Å². The molecule has 1 heterocycles. The fourth-order valence-electron chi connectivity index (χ4n) is 2.53. The highest BCUT2D eigenvalue weighted by Gasteiger charge is 2.12. The molecule has 1 aliphatic heterocycles. The van der Waals surface area contributed by atoms with E-state index in [1.807, 2.05) is 18.2 Å². The number of benzene rings is 1. The second-order valence-corrected chi connectivity index (χ2v) is 5.09. The van der Waals surface area contributed by atoms with E-state index in [4.69, 9.17) is 15.2 Å². The third kappa shape index (κ3) is 4.31. The molecule has 0 radical (unpaired) electrons. The van der Waals surface area contributed by atoms with Crippen LogP contribution in [0.4, 0.5) is 5.69 Å². The van der Waals surface area contributed by atoms with Crippen LogP contribution in [0, 0.1) is 5.92 Å². The smallest absolute Gasteiger partial charge is 0.163 e. The molecular formula is C15H24N2O2. The quantitative estimate of drug-likeness (QED) is 0.612. The lowest BCUT2D eigenvalue weighted by Gasteiger charge is -2.22. The number of hydrogen-bond acceptors (Lipinski definition) is 4. The van der Waals surface area contributed by atoms with Crippen molar-refractivity contribution < 1.29 is 9.47 Å². The molecule has 3 N–H and O–H groups in total. The molecule has 1 aromatic rings. The van der Waals surface area contributed by atoms with Gasteiger partial charge in [-0.15, -0.1) is 0 Å². The summed E-state index contributed by atoms with van der Waals surface area (Å²) in [7, 11) is 1.65. The number of methoxy groups -OCH3 is 1. The average Bonchev–Trinajstić information content (AvgIpc) is 2.45. The van der Waals surface area contributed by atoms with Crippen molar-refractivity contribution in [3.8, 4) is 11.5 Å². The van der Waals surface area contributed by atoms with Gasteiger partial charge in [-0.25, -0.2) is 0 Å². The predicted molar refractivity (Wildman–Crippen MR) is 77.7 cm³/mol. The molecular weight excluding hydrogens is 240 g/mol. The second kappa shape index (κ2) is 7.24. The molecule has 19 heavy (non-hydrogen) atoms. The molecule has 1 fully saturated rings. The molecule has 1 aliphatic rings. The van der Waals surface area contributed by atoms with Gasteiger partial charge in [0.15, 0.2) is 11.5 Å². The standard InChI is InChI=1S/C15H24N2O2/c1-18-14-5-4-13(16)11-15(14)19-10-2-3-12-6-8-17-9-7-12/h4-5,11-12,17H,2-3,6-10,16H2,1H3. The Hall–Kier alpha value is -1.42. The Balaban J connectivity index is 1.74. The van der Waals surface area contributed by atoms with Crippen LogP contribution in [0.2, 0.25) is 0 Å². The maximum atomic E-state index is 5.78. The first-order valence-corrected chi connectivity index (χ1v) is 7.06. The molecule has 1 aromatic carbocycles. The third-order valence-electron chi connectivity index (χ3n) is 3.66. The summed E-state index contributed by atoms with van der Waals surface area (Å²) < 4.78 is 11.0. The minimum atomic E-state index is 0.703. The van der Waals surface area contributed by atoms with Crippen LogP contribution < -0.4 is 20.5 Å².